The average Bonchev–Trinajstić information content (AvgIpc) is 2.47. The Balaban J connectivity index is 2.10. The number of carbonyl (C=O) groups excluding carboxylic acids is 1. The van der Waals surface area contributed by atoms with E-state index in [0.29, 0.717) is 15.6 Å². The zero-order valence-corrected chi connectivity index (χ0v) is 13.5. The number of benzene rings is 2. The van der Waals surface area contributed by atoms with Crippen LogP contribution in [-0.4, -0.2) is 5.91 Å². The molecule has 0 aliphatic heterocycles. The Morgan fingerprint density at radius 1 is 1.14 bits per heavy atom. The van der Waals surface area contributed by atoms with Crippen molar-refractivity contribution in [3.05, 3.63) is 69.2 Å². The average molecular weight is 322 g/mol. The molecule has 0 aliphatic carbocycles. The second-order valence-corrected chi connectivity index (χ2v) is 5.76. The van der Waals surface area contributed by atoms with Gasteiger partial charge in [-0.2, -0.15) is 0 Å². The summed E-state index contributed by atoms with van der Waals surface area (Å²) in [6, 6.07) is 13.0. The zero-order chi connectivity index (χ0) is 15.4. The van der Waals surface area contributed by atoms with Crippen LogP contribution in [0.1, 0.15) is 41.4 Å². The summed E-state index contributed by atoms with van der Waals surface area (Å²) in [5.74, 6) is -0.205. The van der Waals surface area contributed by atoms with E-state index in [1.54, 1.807) is 18.2 Å². The highest BCUT2D eigenvalue weighted by molar-refractivity contribution is 6.36. The van der Waals surface area contributed by atoms with Crippen molar-refractivity contribution in [1.82, 2.24) is 5.32 Å². The van der Waals surface area contributed by atoms with Crippen molar-refractivity contribution in [1.29, 1.82) is 0 Å². The minimum Gasteiger partial charge on any atom is -0.345 e. The molecule has 0 aliphatic rings. The third-order valence-corrected chi connectivity index (χ3v) is 3.96. The molecule has 0 saturated carbocycles. The molecule has 110 valence electrons. The predicted molar refractivity (Wildman–Crippen MR) is 88.2 cm³/mol. The van der Waals surface area contributed by atoms with Crippen LogP contribution in [0.5, 0.6) is 0 Å². The third kappa shape index (κ3) is 3.99. The number of amides is 1. The standard InChI is InChI=1S/C17H17Cl2NO/c1-3-12-4-6-13(7-5-12)11(2)20-17(21)15-9-8-14(18)10-16(15)19/h4-11H,3H2,1-2H3,(H,20,21)/t11-/m0/s1. The lowest BCUT2D eigenvalue weighted by atomic mass is 10.0. The van der Waals surface area contributed by atoms with Gasteiger partial charge in [-0.05, 0) is 42.7 Å². The first kappa shape index (κ1) is 15.9. The van der Waals surface area contributed by atoms with Crippen LogP contribution >= 0.6 is 23.2 Å². The molecule has 1 atom stereocenters. The summed E-state index contributed by atoms with van der Waals surface area (Å²) in [7, 11) is 0. The van der Waals surface area contributed by atoms with Crippen LogP contribution in [0.3, 0.4) is 0 Å². The topological polar surface area (TPSA) is 29.1 Å². The Hall–Kier alpha value is -1.51. The number of halogens is 2. The monoisotopic (exact) mass is 321 g/mol. The Bertz CT molecular complexity index is 638. The van der Waals surface area contributed by atoms with Crippen molar-refractivity contribution in [3.63, 3.8) is 0 Å². The number of carbonyl (C=O) groups is 1. The maximum Gasteiger partial charge on any atom is 0.253 e. The number of hydrogen-bond donors (Lipinski definition) is 1. The number of aryl methyl sites for hydroxylation is 1. The Morgan fingerprint density at radius 3 is 2.38 bits per heavy atom. The van der Waals surface area contributed by atoms with Gasteiger partial charge in [-0.25, -0.2) is 0 Å². The van der Waals surface area contributed by atoms with Gasteiger partial charge in [0.15, 0.2) is 0 Å². The summed E-state index contributed by atoms with van der Waals surface area (Å²) < 4.78 is 0. The molecule has 0 spiro atoms. The van der Waals surface area contributed by atoms with Gasteiger partial charge in [0.25, 0.3) is 5.91 Å². The number of nitrogens with one attached hydrogen (secondary N) is 1. The van der Waals surface area contributed by atoms with Gasteiger partial charge in [0.1, 0.15) is 0 Å². The van der Waals surface area contributed by atoms with Crippen molar-refractivity contribution in [3.8, 4) is 0 Å². The molecule has 21 heavy (non-hydrogen) atoms. The maximum absolute atomic E-state index is 12.2. The summed E-state index contributed by atoms with van der Waals surface area (Å²) in [6.07, 6.45) is 1.00. The van der Waals surface area contributed by atoms with E-state index in [9.17, 15) is 4.79 Å². The van der Waals surface area contributed by atoms with Crippen LogP contribution < -0.4 is 5.32 Å². The Morgan fingerprint density at radius 2 is 1.81 bits per heavy atom. The highest BCUT2D eigenvalue weighted by atomic mass is 35.5. The summed E-state index contributed by atoms with van der Waals surface area (Å²) in [5, 5.41) is 3.81. The van der Waals surface area contributed by atoms with E-state index >= 15 is 0 Å². The normalized spacial score (nSPS) is 12.0. The minimum absolute atomic E-state index is 0.0878. The molecular formula is C17H17Cl2NO. The van der Waals surface area contributed by atoms with Crippen LogP contribution in [0.25, 0.3) is 0 Å². The van der Waals surface area contributed by atoms with Crippen LogP contribution in [-0.2, 0) is 6.42 Å². The smallest absolute Gasteiger partial charge is 0.253 e. The summed E-state index contributed by atoms with van der Waals surface area (Å²) in [6.45, 7) is 4.06. The minimum atomic E-state index is -0.205. The van der Waals surface area contributed by atoms with Gasteiger partial charge in [-0.15, -0.1) is 0 Å². The summed E-state index contributed by atoms with van der Waals surface area (Å²) in [5.41, 5.74) is 2.77. The lowest BCUT2D eigenvalue weighted by molar-refractivity contribution is 0.0940. The van der Waals surface area contributed by atoms with Crippen LogP contribution in [0.4, 0.5) is 0 Å². The fraction of sp³-hybridized carbons (Fsp3) is 0.235. The van der Waals surface area contributed by atoms with Gasteiger partial charge >= 0.3 is 0 Å². The molecule has 0 fully saturated rings. The van der Waals surface area contributed by atoms with Crippen molar-refractivity contribution in [2.24, 2.45) is 0 Å². The number of hydrogen-bond acceptors (Lipinski definition) is 1. The van der Waals surface area contributed by atoms with Crippen molar-refractivity contribution < 1.29 is 4.79 Å². The van der Waals surface area contributed by atoms with Gasteiger partial charge in [-0.1, -0.05) is 54.4 Å². The molecule has 1 N–H and O–H groups in total. The van der Waals surface area contributed by atoms with Gasteiger partial charge in [0.2, 0.25) is 0 Å². The molecule has 2 nitrogen and oxygen atoms in total. The van der Waals surface area contributed by atoms with E-state index in [4.69, 9.17) is 23.2 Å². The first-order valence-corrected chi connectivity index (χ1v) is 7.61. The Labute approximate surface area is 135 Å². The SMILES string of the molecule is CCc1ccc([C@H](C)NC(=O)c2ccc(Cl)cc2Cl)cc1. The molecule has 1 amide bonds. The lowest BCUT2D eigenvalue weighted by Gasteiger charge is -2.15. The van der Waals surface area contributed by atoms with Crippen molar-refractivity contribution in [2.45, 2.75) is 26.3 Å². The maximum atomic E-state index is 12.2. The van der Waals surface area contributed by atoms with Gasteiger partial charge in [-0.3, -0.25) is 4.79 Å². The van der Waals surface area contributed by atoms with E-state index in [1.807, 2.05) is 19.1 Å². The molecule has 2 rings (SSSR count). The van der Waals surface area contributed by atoms with Crippen LogP contribution in [0.15, 0.2) is 42.5 Å². The van der Waals surface area contributed by atoms with E-state index in [2.05, 4.69) is 24.4 Å². The molecule has 0 radical (unpaired) electrons. The van der Waals surface area contributed by atoms with E-state index in [0.717, 1.165) is 12.0 Å². The van der Waals surface area contributed by atoms with E-state index in [1.165, 1.54) is 5.56 Å². The summed E-state index contributed by atoms with van der Waals surface area (Å²) >= 11 is 11.9. The molecule has 0 unspecified atom stereocenters. The lowest BCUT2D eigenvalue weighted by Crippen LogP contribution is -2.26. The quantitative estimate of drug-likeness (QED) is 0.839. The van der Waals surface area contributed by atoms with E-state index < -0.39 is 0 Å². The molecule has 2 aromatic rings. The first-order valence-electron chi connectivity index (χ1n) is 6.86. The van der Waals surface area contributed by atoms with Gasteiger partial charge < -0.3 is 5.32 Å². The zero-order valence-electron chi connectivity index (χ0n) is 12.0. The highest BCUT2D eigenvalue weighted by Gasteiger charge is 2.14. The third-order valence-electron chi connectivity index (χ3n) is 3.41. The second-order valence-electron chi connectivity index (χ2n) is 4.91. The van der Waals surface area contributed by atoms with E-state index in [-0.39, 0.29) is 11.9 Å². The highest BCUT2D eigenvalue weighted by Crippen LogP contribution is 2.22. The molecule has 4 heteroatoms. The summed E-state index contributed by atoms with van der Waals surface area (Å²) in [4.78, 5) is 12.2. The first-order chi connectivity index (χ1) is 10.0. The second kappa shape index (κ2) is 6.97. The molecule has 0 saturated heterocycles. The van der Waals surface area contributed by atoms with Crippen molar-refractivity contribution >= 4 is 29.1 Å². The van der Waals surface area contributed by atoms with Crippen molar-refractivity contribution in [2.75, 3.05) is 0 Å². The molecule has 0 heterocycles. The molecule has 0 aromatic heterocycles. The molecule has 0 bridgehead atoms. The Kier molecular flexibility index (Phi) is 5.27. The number of rotatable bonds is 4. The fourth-order valence-corrected chi connectivity index (χ4v) is 2.57. The van der Waals surface area contributed by atoms with Gasteiger partial charge in [0.05, 0.1) is 16.6 Å². The molecule has 2 aromatic carbocycles. The van der Waals surface area contributed by atoms with Crippen LogP contribution in [0.2, 0.25) is 10.0 Å². The fourth-order valence-electron chi connectivity index (χ4n) is 2.07. The predicted octanol–water partition coefficient (Wildman–Crippen LogP) is 5.05. The van der Waals surface area contributed by atoms with Crippen LogP contribution in [0, 0.1) is 0 Å². The molecular weight excluding hydrogens is 305 g/mol. The van der Waals surface area contributed by atoms with Gasteiger partial charge in [0, 0.05) is 5.02 Å². The largest absolute Gasteiger partial charge is 0.345 e.